The van der Waals surface area contributed by atoms with Gasteiger partial charge in [0.2, 0.25) is 0 Å². The molecule has 1 aromatic carbocycles. The molecule has 0 bridgehead atoms. The fourth-order valence-corrected chi connectivity index (χ4v) is 2.90. The first-order chi connectivity index (χ1) is 8.88. The van der Waals surface area contributed by atoms with Crippen molar-refractivity contribution in [2.24, 2.45) is 0 Å². The van der Waals surface area contributed by atoms with E-state index in [-0.39, 0.29) is 4.90 Å². The number of aromatic nitrogens is 1. The van der Waals surface area contributed by atoms with Crippen LogP contribution < -0.4 is 4.72 Å². The Morgan fingerprint density at radius 2 is 2.00 bits per heavy atom. The number of aryl methyl sites for hydroxylation is 1. The second-order valence-electron chi connectivity index (χ2n) is 3.90. The van der Waals surface area contributed by atoms with Crippen molar-refractivity contribution < 1.29 is 12.8 Å². The number of benzene rings is 1. The lowest BCUT2D eigenvalue weighted by atomic mass is 10.2. The first-order valence-electron chi connectivity index (χ1n) is 5.28. The number of hydrogen-bond acceptors (Lipinski definition) is 3. The molecule has 0 spiro atoms. The lowest BCUT2D eigenvalue weighted by Crippen LogP contribution is -2.14. The summed E-state index contributed by atoms with van der Waals surface area (Å²) in [6.45, 7) is 1.77. The van der Waals surface area contributed by atoms with Gasteiger partial charge in [-0.25, -0.2) is 12.8 Å². The van der Waals surface area contributed by atoms with Gasteiger partial charge in [-0.05, 0) is 30.7 Å². The zero-order chi connectivity index (χ0) is 14.0. The standard InChI is InChI=1S/C12H10BrFN2O2S/c1-8-2-3-9(13)4-12(8)16-19(17,18)11-5-10(14)6-15-7-11/h2-7,16H,1H3. The Morgan fingerprint density at radius 1 is 1.26 bits per heavy atom. The smallest absolute Gasteiger partial charge is 0.263 e. The minimum atomic E-state index is -3.85. The molecule has 1 N–H and O–H groups in total. The molecular formula is C12H10BrFN2O2S. The van der Waals surface area contributed by atoms with Crippen molar-refractivity contribution >= 4 is 31.6 Å². The van der Waals surface area contributed by atoms with Crippen LogP contribution in [-0.2, 0) is 10.0 Å². The van der Waals surface area contributed by atoms with Crippen LogP contribution in [0.2, 0.25) is 0 Å². The summed E-state index contributed by atoms with van der Waals surface area (Å²) < 4.78 is 40.3. The second kappa shape index (κ2) is 5.26. The molecular weight excluding hydrogens is 335 g/mol. The first-order valence-corrected chi connectivity index (χ1v) is 7.55. The van der Waals surface area contributed by atoms with Gasteiger partial charge in [0.15, 0.2) is 0 Å². The van der Waals surface area contributed by atoms with E-state index in [1.165, 1.54) is 0 Å². The third kappa shape index (κ3) is 3.30. The summed E-state index contributed by atoms with van der Waals surface area (Å²) in [5.74, 6) is -0.700. The summed E-state index contributed by atoms with van der Waals surface area (Å²) in [4.78, 5) is 3.31. The maximum absolute atomic E-state index is 13.0. The highest BCUT2D eigenvalue weighted by atomic mass is 79.9. The first kappa shape index (κ1) is 14.0. The van der Waals surface area contributed by atoms with E-state index >= 15 is 0 Å². The molecule has 0 aliphatic heterocycles. The Bertz CT molecular complexity index is 719. The fraction of sp³-hybridized carbons (Fsp3) is 0.0833. The molecule has 0 amide bonds. The summed E-state index contributed by atoms with van der Waals surface area (Å²) >= 11 is 3.26. The second-order valence-corrected chi connectivity index (χ2v) is 6.50. The minimum absolute atomic E-state index is 0.216. The number of hydrogen-bond donors (Lipinski definition) is 1. The normalized spacial score (nSPS) is 11.3. The van der Waals surface area contributed by atoms with Gasteiger partial charge < -0.3 is 0 Å². The van der Waals surface area contributed by atoms with Gasteiger partial charge in [-0.2, -0.15) is 0 Å². The van der Waals surface area contributed by atoms with E-state index < -0.39 is 15.8 Å². The highest BCUT2D eigenvalue weighted by Crippen LogP contribution is 2.23. The summed E-state index contributed by atoms with van der Waals surface area (Å²) in [6.07, 6.45) is 2.04. The van der Waals surface area contributed by atoms with E-state index in [1.54, 1.807) is 25.1 Å². The van der Waals surface area contributed by atoms with Gasteiger partial charge in [0.1, 0.15) is 10.7 Å². The lowest BCUT2D eigenvalue weighted by Gasteiger charge is -2.10. The SMILES string of the molecule is Cc1ccc(Br)cc1NS(=O)(=O)c1cncc(F)c1. The van der Waals surface area contributed by atoms with Crippen LogP contribution >= 0.6 is 15.9 Å². The molecule has 7 heteroatoms. The average molecular weight is 345 g/mol. The quantitative estimate of drug-likeness (QED) is 0.930. The molecule has 0 saturated carbocycles. The van der Waals surface area contributed by atoms with Crippen LogP contribution in [0.15, 0.2) is 46.0 Å². The molecule has 1 heterocycles. The van der Waals surface area contributed by atoms with Crippen LogP contribution in [0.3, 0.4) is 0 Å². The molecule has 0 atom stereocenters. The third-order valence-electron chi connectivity index (χ3n) is 2.43. The van der Waals surface area contributed by atoms with E-state index in [2.05, 4.69) is 25.6 Å². The Morgan fingerprint density at radius 3 is 2.68 bits per heavy atom. The third-order valence-corrected chi connectivity index (χ3v) is 4.26. The highest BCUT2D eigenvalue weighted by Gasteiger charge is 2.16. The van der Waals surface area contributed by atoms with Crippen molar-refractivity contribution in [2.75, 3.05) is 4.72 Å². The molecule has 100 valence electrons. The molecule has 19 heavy (non-hydrogen) atoms. The maximum atomic E-state index is 13.0. The number of rotatable bonds is 3. The number of halogens is 2. The molecule has 0 fully saturated rings. The molecule has 2 rings (SSSR count). The molecule has 0 unspecified atom stereocenters. The van der Waals surface area contributed by atoms with Gasteiger partial charge in [0.25, 0.3) is 10.0 Å². The molecule has 4 nitrogen and oxygen atoms in total. The molecule has 0 aliphatic rings. The Kier molecular flexibility index (Phi) is 3.86. The molecule has 0 saturated heterocycles. The van der Waals surface area contributed by atoms with Gasteiger partial charge in [-0.15, -0.1) is 0 Å². The van der Waals surface area contributed by atoms with E-state index in [4.69, 9.17) is 0 Å². The number of nitrogens with zero attached hydrogens (tertiary/aromatic N) is 1. The Hall–Kier alpha value is -1.47. The summed E-state index contributed by atoms with van der Waals surface area (Å²) in [5, 5.41) is 0. The largest absolute Gasteiger partial charge is 0.279 e. The van der Waals surface area contributed by atoms with E-state index in [0.29, 0.717) is 5.69 Å². The van der Waals surface area contributed by atoms with Gasteiger partial charge in [-0.3, -0.25) is 9.71 Å². The van der Waals surface area contributed by atoms with Gasteiger partial charge in [0.05, 0.1) is 11.9 Å². The number of pyridine rings is 1. The van der Waals surface area contributed by atoms with Crippen molar-refractivity contribution in [1.82, 2.24) is 4.98 Å². The van der Waals surface area contributed by atoms with Gasteiger partial charge >= 0.3 is 0 Å². The van der Waals surface area contributed by atoms with Gasteiger partial charge in [0, 0.05) is 10.7 Å². The van der Waals surface area contributed by atoms with Gasteiger partial charge in [-0.1, -0.05) is 22.0 Å². The zero-order valence-corrected chi connectivity index (χ0v) is 12.3. The topological polar surface area (TPSA) is 59.1 Å². The van der Waals surface area contributed by atoms with Crippen molar-refractivity contribution in [3.05, 3.63) is 52.5 Å². The molecule has 0 aliphatic carbocycles. The Labute approximate surface area is 118 Å². The molecule has 0 radical (unpaired) electrons. The van der Waals surface area contributed by atoms with Crippen LogP contribution in [0.5, 0.6) is 0 Å². The fourth-order valence-electron chi connectivity index (χ4n) is 1.45. The van der Waals surface area contributed by atoms with Crippen LogP contribution in [-0.4, -0.2) is 13.4 Å². The van der Waals surface area contributed by atoms with Crippen LogP contribution in [0.4, 0.5) is 10.1 Å². The summed E-state index contributed by atoms with van der Waals surface area (Å²) in [5.41, 5.74) is 1.19. The van der Waals surface area contributed by atoms with E-state index in [0.717, 1.165) is 28.5 Å². The summed E-state index contributed by atoms with van der Waals surface area (Å²) in [7, 11) is -3.85. The predicted molar refractivity (Wildman–Crippen MR) is 73.9 cm³/mol. The minimum Gasteiger partial charge on any atom is -0.279 e. The van der Waals surface area contributed by atoms with Crippen LogP contribution in [0, 0.1) is 12.7 Å². The number of anilines is 1. The lowest BCUT2D eigenvalue weighted by molar-refractivity contribution is 0.592. The molecule has 1 aromatic heterocycles. The zero-order valence-electron chi connectivity index (χ0n) is 9.89. The number of sulfonamides is 1. The monoisotopic (exact) mass is 344 g/mol. The van der Waals surface area contributed by atoms with Crippen LogP contribution in [0.1, 0.15) is 5.56 Å². The van der Waals surface area contributed by atoms with Crippen molar-refractivity contribution in [3.8, 4) is 0 Å². The van der Waals surface area contributed by atoms with Crippen molar-refractivity contribution in [3.63, 3.8) is 0 Å². The predicted octanol–water partition coefficient (Wildman–Crippen LogP) is 3.09. The van der Waals surface area contributed by atoms with Crippen molar-refractivity contribution in [2.45, 2.75) is 11.8 Å². The van der Waals surface area contributed by atoms with Crippen molar-refractivity contribution in [1.29, 1.82) is 0 Å². The number of nitrogens with one attached hydrogen (secondary N) is 1. The summed E-state index contributed by atoms with van der Waals surface area (Å²) in [6, 6.07) is 6.13. The average Bonchev–Trinajstić information content (AvgIpc) is 2.33. The van der Waals surface area contributed by atoms with E-state index in [9.17, 15) is 12.8 Å². The maximum Gasteiger partial charge on any atom is 0.263 e. The van der Waals surface area contributed by atoms with E-state index in [1.807, 2.05) is 0 Å². The highest BCUT2D eigenvalue weighted by molar-refractivity contribution is 9.10. The Balaban J connectivity index is 2.39. The van der Waals surface area contributed by atoms with Crippen LogP contribution in [0.25, 0.3) is 0 Å². The molecule has 2 aromatic rings.